The zero-order chi connectivity index (χ0) is 22.1. The van der Waals surface area contributed by atoms with Gasteiger partial charge in [0.1, 0.15) is 0 Å². The van der Waals surface area contributed by atoms with Crippen molar-refractivity contribution in [2.24, 2.45) is 4.99 Å². The molecule has 6 heteroatoms. The van der Waals surface area contributed by atoms with Gasteiger partial charge in [-0.05, 0) is 53.1 Å². The van der Waals surface area contributed by atoms with Gasteiger partial charge in [-0.2, -0.15) is 10.5 Å². The third kappa shape index (κ3) is 6.09. The molecule has 154 valence electrons. The quantitative estimate of drug-likeness (QED) is 0.486. The molecule has 0 spiro atoms. The molecule has 0 heterocycles. The molecule has 1 aliphatic carbocycles. The number of hydrogen-bond donors (Lipinski definition) is 1. The van der Waals surface area contributed by atoms with Crippen molar-refractivity contribution in [3.8, 4) is 12.1 Å². The number of nitriles is 2. The van der Waals surface area contributed by atoms with Gasteiger partial charge in [0.05, 0.1) is 37.2 Å². The molecule has 2 aromatic rings. The minimum atomic E-state index is 0.397. The number of hydrogen-bond acceptors (Lipinski definition) is 4. The summed E-state index contributed by atoms with van der Waals surface area (Å²) in [6.07, 6.45) is 8.73. The van der Waals surface area contributed by atoms with E-state index in [1.807, 2.05) is 60.7 Å². The average molecular weight is 447 g/mol. The molecule has 0 amide bonds. The van der Waals surface area contributed by atoms with E-state index in [-0.39, 0.29) is 0 Å². The second kappa shape index (κ2) is 11.2. The number of allylic oxidation sites excluding steroid dienone is 5. The van der Waals surface area contributed by atoms with Gasteiger partial charge in [-0.3, -0.25) is 4.99 Å². The second-order valence-electron chi connectivity index (χ2n) is 6.75. The van der Waals surface area contributed by atoms with Crippen molar-refractivity contribution in [1.82, 2.24) is 0 Å². The Morgan fingerprint density at radius 2 is 1.61 bits per heavy atom. The van der Waals surface area contributed by atoms with E-state index >= 15 is 0 Å². The number of nitrogens with one attached hydrogen (secondary N) is 1. The van der Waals surface area contributed by atoms with Gasteiger partial charge < -0.3 is 5.32 Å². The summed E-state index contributed by atoms with van der Waals surface area (Å²) >= 11 is 12.7. The highest BCUT2D eigenvalue weighted by atomic mass is 35.5. The number of anilines is 1. The van der Waals surface area contributed by atoms with Crippen molar-refractivity contribution < 1.29 is 0 Å². The Labute approximate surface area is 192 Å². The summed E-state index contributed by atoms with van der Waals surface area (Å²) in [5.74, 6) is 0. The van der Waals surface area contributed by atoms with Crippen LogP contribution in [0.5, 0.6) is 0 Å². The Bertz CT molecular complexity index is 1130. The zero-order valence-corrected chi connectivity index (χ0v) is 18.3. The van der Waals surface area contributed by atoms with Crippen LogP contribution in [-0.2, 0) is 0 Å². The lowest BCUT2D eigenvalue weighted by Crippen LogP contribution is -2.01. The van der Waals surface area contributed by atoms with E-state index in [2.05, 4.69) is 22.4 Å². The normalized spacial score (nSPS) is 12.3. The van der Waals surface area contributed by atoms with Crippen LogP contribution in [0.25, 0.3) is 5.57 Å². The molecule has 2 aromatic carbocycles. The maximum absolute atomic E-state index is 8.70. The molecule has 0 bridgehead atoms. The second-order valence-corrected chi connectivity index (χ2v) is 7.59. The maximum Gasteiger partial charge on any atom is 0.0641 e. The molecule has 0 radical (unpaired) electrons. The number of halogens is 2. The monoisotopic (exact) mass is 446 g/mol. The van der Waals surface area contributed by atoms with Crippen molar-refractivity contribution >= 4 is 40.2 Å². The fourth-order valence-corrected chi connectivity index (χ4v) is 3.66. The van der Waals surface area contributed by atoms with Crippen molar-refractivity contribution in [2.75, 3.05) is 18.4 Å². The van der Waals surface area contributed by atoms with Crippen LogP contribution in [0.3, 0.4) is 0 Å². The van der Waals surface area contributed by atoms with E-state index in [0.29, 0.717) is 36.0 Å². The van der Waals surface area contributed by atoms with Crippen molar-refractivity contribution in [3.63, 3.8) is 0 Å². The van der Waals surface area contributed by atoms with Gasteiger partial charge >= 0.3 is 0 Å². The topological polar surface area (TPSA) is 72.0 Å². The molecule has 0 unspecified atom stereocenters. The van der Waals surface area contributed by atoms with Gasteiger partial charge in [0, 0.05) is 27.8 Å². The molecule has 3 rings (SSSR count). The van der Waals surface area contributed by atoms with Crippen molar-refractivity contribution in [2.45, 2.75) is 12.8 Å². The average Bonchev–Trinajstić information content (AvgIpc) is 2.78. The van der Waals surface area contributed by atoms with Gasteiger partial charge in [0.2, 0.25) is 0 Å². The standard InChI is InChI=1S/C25H20Cl2N4/c26-20-7-12-23(24(27)17-20)25(18-3-8-21(9-4-18)30-15-1-13-28)19-5-10-22(11-6-19)31-16-2-14-29/h3-12,17,30H,1-2,15-16H2. The van der Waals surface area contributed by atoms with Crippen LogP contribution in [0.15, 0.2) is 77.3 Å². The summed E-state index contributed by atoms with van der Waals surface area (Å²) in [5.41, 5.74) is 5.64. The smallest absolute Gasteiger partial charge is 0.0641 e. The Hall–Kier alpha value is -3.31. The Morgan fingerprint density at radius 3 is 2.26 bits per heavy atom. The summed E-state index contributed by atoms with van der Waals surface area (Å²) in [6.45, 7) is 1.09. The summed E-state index contributed by atoms with van der Waals surface area (Å²) < 4.78 is 0. The molecular weight excluding hydrogens is 427 g/mol. The highest BCUT2D eigenvalue weighted by molar-refractivity contribution is 6.36. The molecule has 0 aliphatic heterocycles. The van der Waals surface area contributed by atoms with E-state index < -0.39 is 0 Å². The molecule has 0 saturated carbocycles. The lowest BCUT2D eigenvalue weighted by Gasteiger charge is -2.16. The van der Waals surface area contributed by atoms with Crippen molar-refractivity contribution in [3.05, 3.63) is 93.5 Å². The predicted octanol–water partition coefficient (Wildman–Crippen LogP) is 6.60. The maximum atomic E-state index is 8.70. The van der Waals surface area contributed by atoms with E-state index in [1.165, 1.54) is 0 Å². The Balaban J connectivity index is 1.99. The highest BCUT2D eigenvalue weighted by Gasteiger charge is 2.14. The number of rotatable bonds is 7. The van der Waals surface area contributed by atoms with Gasteiger partial charge in [-0.15, -0.1) is 0 Å². The van der Waals surface area contributed by atoms with Gasteiger partial charge in [-0.25, -0.2) is 0 Å². The summed E-state index contributed by atoms with van der Waals surface area (Å²) in [5, 5.41) is 21.8. The molecule has 0 aromatic heterocycles. The molecule has 4 nitrogen and oxygen atoms in total. The fraction of sp³-hybridized carbons (Fsp3) is 0.160. The van der Waals surface area contributed by atoms with Crippen LogP contribution in [0, 0.1) is 22.7 Å². The third-order valence-corrected chi connectivity index (χ3v) is 5.16. The van der Waals surface area contributed by atoms with E-state index in [4.69, 9.17) is 33.7 Å². The van der Waals surface area contributed by atoms with Gasteiger partial charge in [-0.1, -0.05) is 53.6 Å². The van der Waals surface area contributed by atoms with E-state index in [9.17, 15) is 0 Å². The van der Waals surface area contributed by atoms with Crippen molar-refractivity contribution in [1.29, 1.82) is 10.5 Å². The summed E-state index contributed by atoms with van der Waals surface area (Å²) in [4.78, 5) is 4.41. The molecule has 0 saturated heterocycles. The first kappa shape index (κ1) is 22.4. The first-order valence-corrected chi connectivity index (χ1v) is 10.6. The molecule has 0 fully saturated rings. The summed E-state index contributed by atoms with van der Waals surface area (Å²) in [6, 6.07) is 17.7. The number of benzene rings is 2. The predicted molar refractivity (Wildman–Crippen MR) is 128 cm³/mol. The molecular formula is C25H20Cl2N4. The van der Waals surface area contributed by atoms with Crippen LogP contribution in [0.4, 0.5) is 5.69 Å². The Morgan fingerprint density at radius 1 is 0.903 bits per heavy atom. The third-order valence-electron chi connectivity index (χ3n) is 4.61. The zero-order valence-electron chi connectivity index (χ0n) is 16.8. The lowest BCUT2D eigenvalue weighted by molar-refractivity contribution is 1.02. The van der Waals surface area contributed by atoms with Crippen LogP contribution in [-0.4, -0.2) is 18.8 Å². The van der Waals surface area contributed by atoms with Crippen LogP contribution < -0.4 is 5.32 Å². The minimum Gasteiger partial charge on any atom is -0.384 e. The van der Waals surface area contributed by atoms with Gasteiger partial charge in [0.15, 0.2) is 0 Å². The number of aliphatic imine (C=N–C) groups is 1. The van der Waals surface area contributed by atoms with Gasteiger partial charge in [0.25, 0.3) is 0 Å². The molecule has 0 atom stereocenters. The highest BCUT2D eigenvalue weighted by Crippen LogP contribution is 2.35. The summed E-state index contributed by atoms with van der Waals surface area (Å²) in [7, 11) is 0. The van der Waals surface area contributed by atoms with Crippen LogP contribution in [0.2, 0.25) is 10.0 Å². The molecule has 1 N–H and O–H groups in total. The van der Waals surface area contributed by atoms with E-state index in [0.717, 1.165) is 33.7 Å². The van der Waals surface area contributed by atoms with Crippen LogP contribution >= 0.6 is 23.2 Å². The molecule has 1 aliphatic rings. The number of nitrogens with zero attached hydrogens (tertiary/aromatic N) is 3. The Kier molecular flexibility index (Phi) is 8.07. The largest absolute Gasteiger partial charge is 0.384 e. The first-order valence-electron chi connectivity index (χ1n) is 9.81. The van der Waals surface area contributed by atoms with E-state index in [1.54, 1.807) is 6.07 Å². The minimum absolute atomic E-state index is 0.397. The SMILES string of the molecule is N#CCCN=C1C=CC(=C(c2ccc(NCCC#N)cc2)c2ccc(Cl)cc2Cl)C=C1. The first-order chi connectivity index (χ1) is 15.1. The molecule has 31 heavy (non-hydrogen) atoms. The lowest BCUT2D eigenvalue weighted by atomic mass is 9.90. The van der Waals surface area contributed by atoms with Crippen LogP contribution in [0.1, 0.15) is 24.0 Å². The fourth-order valence-electron chi connectivity index (χ4n) is 3.16.